The van der Waals surface area contributed by atoms with E-state index < -0.39 is 16.1 Å². The highest BCUT2D eigenvalue weighted by Crippen LogP contribution is 2.33. The smallest absolute Gasteiger partial charge is 0.326 e. The molecule has 3 aromatic carbocycles. The number of carbonyl (C=O) groups excluding carboxylic acids is 1. The van der Waals surface area contributed by atoms with Crippen molar-refractivity contribution >= 4 is 60.9 Å². The Bertz CT molecular complexity index is 1540. The standard InChI is InChI=1S/C24H17BrCl2N4O3S/c25-17-5-1-15(2-6-17)12-30-13-22(20-10-7-18(26)11-21(20)27)28-24(30)16-3-8-19(9-4-16)31-14-23(32)29-35(31,33)34/h1-11,13H,12,14H2,(H,29,32). The molecule has 1 amide bonds. The molecular formula is C24H17BrCl2N4O3S. The lowest BCUT2D eigenvalue weighted by Gasteiger charge is -2.15. The van der Waals surface area contributed by atoms with Gasteiger partial charge in [-0.25, -0.2) is 14.0 Å². The summed E-state index contributed by atoms with van der Waals surface area (Å²) in [7, 11) is -3.88. The molecule has 5 rings (SSSR count). The van der Waals surface area contributed by atoms with E-state index in [2.05, 4.69) is 15.9 Å². The largest absolute Gasteiger partial charge is 0.326 e. The maximum atomic E-state index is 12.2. The normalized spacial score (nSPS) is 14.8. The average Bonchev–Trinajstić information content (AvgIpc) is 3.34. The Hall–Kier alpha value is -2.85. The molecule has 1 aliphatic heterocycles. The van der Waals surface area contributed by atoms with Crippen LogP contribution < -0.4 is 9.03 Å². The lowest BCUT2D eigenvalue weighted by Crippen LogP contribution is -2.29. The maximum absolute atomic E-state index is 12.2. The molecule has 7 nitrogen and oxygen atoms in total. The monoisotopic (exact) mass is 590 g/mol. The third kappa shape index (κ3) is 4.95. The van der Waals surface area contributed by atoms with E-state index in [4.69, 9.17) is 28.2 Å². The Morgan fingerprint density at radius 1 is 1.00 bits per heavy atom. The van der Waals surface area contributed by atoms with E-state index in [1.165, 1.54) is 0 Å². The molecule has 1 fully saturated rings. The molecule has 0 radical (unpaired) electrons. The van der Waals surface area contributed by atoms with Crippen molar-refractivity contribution in [3.8, 4) is 22.6 Å². The van der Waals surface area contributed by atoms with Crippen molar-refractivity contribution in [1.29, 1.82) is 0 Å². The van der Waals surface area contributed by atoms with Crippen LogP contribution in [-0.2, 0) is 21.5 Å². The number of nitrogens with one attached hydrogen (secondary N) is 1. The molecule has 0 atom stereocenters. The van der Waals surface area contributed by atoms with Gasteiger partial charge >= 0.3 is 10.2 Å². The number of nitrogens with zero attached hydrogens (tertiary/aromatic N) is 3. The van der Waals surface area contributed by atoms with E-state index in [-0.39, 0.29) is 6.54 Å². The zero-order valence-corrected chi connectivity index (χ0v) is 21.9. The summed E-state index contributed by atoms with van der Waals surface area (Å²) in [5.74, 6) is 0.113. The fourth-order valence-electron chi connectivity index (χ4n) is 3.83. The minimum Gasteiger partial charge on any atom is -0.326 e. The molecule has 0 saturated carbocycles. The van der Waals surface area contributed by atoms with Crippen molar-refractivity contribution in [2.45, 2.75) is 6.54 Å². The number of carbonyl (C=O) groups is 1. The quantitative estimate of drug-likeness (QED) is 0.331. The predicted octanol–water partition coefficient (Wildman–Crippen LogP) is 5.52. The van der Waals surface area contributed by atoms with Crippen molar-refractivity contribution in [3.63, 3.8) is 0 Å². The van der Waals surface area contributed by atoms with Crippen LogP contribution in [0.2, 0.25) is 10.0 Å². The molecule has 35 heavy (non-hydrogen) atoms. The fraction of sp³-hybridized carbons (Fsp3) is 0.0833. The van der Waals surface area contributed by atoms with Crippen molar-refractivity contribution in [2.75, 3.05) is 10.8 Å². The van der Waals surface area contributed by atoms with Gasteiger partial charge in [-0.2, -0.15) is 8.42 Å². The van der Waals surface area contributed by atoms with E-state index in [0.717, 1.165) is 25.5 Å². The van der Waals surface area contributed by atoms with Gasteiger partial charge in [0.1, 0.15) is 12.4 Å². The number of hydrogen-bond donors (Lipinski definition) is 1. The summed E-state index contributed by atoms with van der Waals surface area (Å²) in [6.45, 7) is 0.306. The lowest BCUT2D eigenvalue weighted by atomic mass is 10.1. The highest BCUT2D eigenvalue weighted by molar-refractivity contribution is 9.10. The molecule has 0 spiro atoms. The van der Waals surface area contributed by atoms with Gasteiger partial charge in [0, 0.05) is 33.4 Å². The van der Waals surface area contributed by atoms with E-state index >= 15 is 0 Å². The molecule has 1 aliphatic rings. The summed E-state index contributed by atoms with van der Waals surface area (Å²) in [6.07, 6.45) is 1.92. The Morgan fingerprint density at radius 3 is 2.34 bits per heavy atom. The van der Waals surface area contributed by atoms with Gasteiger partial charge in [-0.15, -0.1) is 0 Å². The number of anilines is 1. The summed E-state index contributed by atoms with van der Waals surface area (Å²) in [5.41, 5.74) is 3.66. The Balaban J connectivity index is 1.55. The molecule has 11 heteroatoms. The van der Waals surface area contributed by atoms with Crippen LogP contribution in [0.25, 0.3) is 22.6 Å². The van der Waals surface area contributed by atoms with Crippen molar-refractivity contribution in [2.24, 2.45) is 0 Å². The van der Waals surface area contributed by atoms with Crippen LogP contribution in [0, 0.1) is 0 Å². The number of amides is 1. The molecule has 4 aromatic rings. The molecule has 2 heterocycles. The Labute approximate surface area is 220 Å². The molecule has 1 N–H and O–H groups in total. The van der Waals surface area contributed by atoms with Crippen molar-refractivity contribution in [3.05, 3.63) is 93.0 Å². The third-order valence-corrected chi connectivity index (χ3v) is 7.97. The van der Waals surface area contributed by atoms with Gasteiger partial charge in [-0.05, 0) is 60.2 Å². The Morgan fingerprint density at radius 2 is 1.71 bits per heavy atom. The van der Waals surface area contributed by atoms with Gasteiger partial charge in [0.05, 0.1) is 16.4 Å². The van der Waals surface area contributed by atoms with Crippen LogP contribution in [0.1, 0.15) is 5.56 Å². The van der Waals surface area contributed by atoms with Gasteiger partial charge in [-0.1, -0.05) is 51.3 Å². The number of hydrogen-bond acceptors (Lipinski definition) is 4. The second-order valence-electron chi connectivity index (χ2n) is 7.91. The predicted molar refractivity (Wildman–Crippen MR) is 141 cm³/mol. The minimum atomic E-state index is -3.88. The third-order valence-electron chi connectivity index (χ3n) is 5.48. The second kappa shape index (κ2) is 9.31. The lowest BCUT2D eigenvalue weighted by molar-refractivity contribution is -0.117. The molecular weight excluding hydrogens is 575 g/mol. The minimum absolute atomic E-state index is 0.251. The van der Waals surface area contributed by atoms with E-state index in [9.17, 15) is 13.2 Å². The first-order valence-electron chi connectivity index (χ1n) is 10.4. The van der Waals surface area contributed by atoms with Crippen LogP contribution >= 0.6 is 39.1 Å². The first kappa shape index (κ1) is 23.9. The van der Waals surface area contributed by atoms with Gasteiger partial charge in [0.2, 0.25) is 0 Å². The zero-order valence-electron chi connectivity index (χ0n) is 18.0. The van der Waals surface area contributed by atoms with Crippen LogP contribution in [0.3, 0.4) is 0 Å². The Kier molecular flexibility index (Phi) is 6.35. The van der Waals surface area contributed by atoms with Crippen LogP contribution in [-0.4, -0.2) is 30.4 Å². The maximum Gasteiger partial charge on any atom is 0.326 e. The number of rotatable bonds is 5. The first-order valence-corrected chi connectivity index (χ1v) is 13.4. The van der Waals surface area contributed by atoms with Gasteiger partial charge < -0.3 is 4.57 Å². The molecule has 1 saturated heterocycles. The molecule has 0 unspecified atom stereocenters. The molecule has 1 aromatic heterocycles. The topological polar surface area (TPSA) is 84.3 Å². The van der Waals surface area contributed by atoms with Crippen LogP contribution in [0.15, 0.2) is 77.4 Å². The number of imidazole rings is 1. The van der Waals surface area contributed by atoms with Crippen molar-refractivity contribution < 1.29 is 13.2 Å². The van der Waals surface area contributed by atoms with Crippen molar-refractivity contribution in [1.82, 2.24) is 14.3 Å². The molecule has 178 valence electrons. The van der Waals surface area contributed by atoms with E-state index in [0.29, 0.717) is 33.8 Å². The summed E-state index contributed by atoms with van der Waals surface area (Å²) < 4.78 is 30.4. The SMILES string of the molecule is O=C1CN(c2ccc(-c3nc(-c4ccc(Cl)cc4Cl)cn3Cc3ccc(Br)cc3)cc2)S(=O)(=O)N1. The van der Waals surface area contributed by atoms with E-state index in [1.807, 2.05) is 45.8 Å². The number of halogens is 3. The van der Waals surface area contributed by atoms with E-state index in [1.54, 1.807) is 36.4 Å². The highest BCUT2D eigenvalue weighted by Gasteiger charge is 2.33. The van der Waals surface area contributed by atoms with Crippen LogP contribution in [0.5, 0.6) is 0 Å². The van der Waals surface area contributed by atoms with Crippen LogP contribution in [0.4, 0.5) is 5.69 Å². The van der Waals surface area contributed by atoms with Gasteiger partial charge in [0.15, 0.2) is 0 Å². The second-order valence-corrected chi connectivity index (χ2v) is 11.3. The molecule has 0 aliphatic carbocycles. The molecule has 0 bridgehead atoms. The summed E-state index contributed by atoms with van der Waals surface area (Å²) in [5, 5.41) is 1.03. The van der Waals surface area contributed by atoms with Gasteiger partial charge in [-0.3, -0.25) is 4.79 Å². The highest BCUT2D eigenvalue weighted by atomic mass is 79.9. The summed E-state index contributed by atoms with van der Waals surface area (Å²) >= 11 is 16.0. The summed E-state index contributed by atoms with van der Waals surface area (Å²) in [4.78, 5) is 16.4. The zero-order chi connectivity index (χ0) is 24.7. The first-order chi connectivity index (χ1) is 16.7. The summed E-state index contributed by atoms with van der Waals surface area (Å²) in [6, 6.07) is 20.1. The van der Waals surface area contributed by atoms with Gasteiger partial charge in [0.25, 0.3) is 5.91 Å². The number of aromatic nitrogens is 2. The number of benzene rings is 3. The fourth-order valence-corrected chi connectivity index (χ4v) is 5.75. The average molecular weight is 592 g/mol.